The number of carbonyl (C=O) groups is 1. The molecule has 0 spiro atoms. The Kier molecular flexibility index (Phi) is 4.39. The summed E-state index contributed by atoms with van der Waals surface area (Å²) in [5, 5.41) is 2.24. The normalized spacial score (nSPS) is 22.9. The SMILES string of the molecule is Nc1ccc(NC(=O)C2CCCCC2C(F)(F)F)c(F)c1. The van der Waals surface area contributed by atoms with Gasteiger partial charge < -0.3 is 11.1 Å². The Morgan fingerprint density at radius 3 is 2.52 bits per heavy atom. The van der Waals surface area contributed by atoms with Gasteiger partial charge in [-0.05, 0) is 31.0 Å². The number of rotatable bonds is 2. The molecule has 1 amide bonds. The predicted molar refractivity (Wildman–Crippen MR) is 70.9 cm³/mol. The summed E-state index contributed by atoms with van der Waals surface area (Å²) in [4.78, 5) is 12.1. The van der Waals surface area contributed by atoms with Crippen molar-refractivity contribution in [2.75, 3.05) is 11.1 Å². The third kappa shape index (κ3) is 3.65. The second kappa shape index (κ2) is 5.91. The van der Waals surface area contributed by atoms with E-state index in [0.717, 1.165) is 6.07 Å². The Bertz CT molecular complexity index is 530. The Hall–Kier alpha value is -1.79. The zero-order chi connectivity index (χ0) is 15.6. The molecule has 3 N–H and O–H groups in total. The second-order valence-corrected chi connectivity index (χ2v) is 5.27. The average molecular weight is 304 g/mol. The number of alkyl halides is 3. The number of hydrogen-bond acceptors (Lipinski definition) is 2. The molecular formula is C14H16F4N2O. The van der Waals surface area contributed by atoms with Crippen LogP contribution in [0.1, 0.15) is 25.7 Å². The van der Waals surface area contributed by atoms with Crippen molar-refractivity contribution in [2.24, 2.45) is 11.8 Å². The van der Waals surface area contributed by atoms with Crippen LogP contribution in [0.25, 0.3) is 0 Å². The van der Waals surface area contributed by atoms with E-state index in [9.17, 15) is 22.4 Å². The van der Waals surface area contributed by atoms with Gasteiger partial charge in [0.05, 0.1) is 11.6 Å². The van der Waals surface area contributed by atoms with Crippen LogP contribution in [0.4, 0.5) is 28.9 Å². The van der Waals surface area contributed by atoms with Gasteiger partial charge in [0.25, 0.3) is 0 Å². The number of halogens is 4. The van der Waals surface area contributed by atoms with Gasteiger partial charge in [-0.1, -0.05) is 12.8 Å². The molecule has 0 heterocycles. The van der Waals surface area contributed by atoms with Gasteiger partial charge in [-0.3, -0.25) is 4.79 Å². The van der Waals surface area contributed by atoms with Crippen molar-refractivity contribution in [1.29, 1.82) is 0 Å². The van der Waals surface area contributed by atoms with Crippen LogP contribution in [-0.2, 0) is 4.79 Å². The van der Waals surface area contributed by atoms with Gasteiger partial charge in [-0.15, -0.1) is 0 Å². The van der Waals surface area contributed by atoms with Crippen LogP contribution in [-0.4, -0.2) is 12.1 Å². The molecule has 2 atom stereocenters. The fraction of sp³-hybridized carbons (Fsp3) is 0.500. The largest absolute Gasteiger partial charge is 0.399 e. The Morgan fingerprint density at radius 1 is 1.24 bits per heavy atom. The Labute approximate surface area is 119 Å². The van der Waals surface area contributed by atoms with E-state index in [2.05, 4.69) is 5.32 Å². The maximum absolute atomic E-state index is 13.6. The van der Waals surface area contributed by atoms with Crippen LogP contribution in [0.3, 0.4) is 0 Å². The van der Waals surface area contributed by atoms with Gasteiger partial charge in [0.2, 0.25) is 5.91 Å². The van der Waals surface area contributed by atoms with Crippen molar-refractivity contribution >= 4 is 17.3 Å². The molecule has 1 aliphatic carbocycles. The Morgan fingerprint density at radius 2 is 1.90 bits per heavy atom. The number of nitrogens with two attached hydrogens (primary N) is 1. The maximum Gasteiger partial charge on any atom is 0.392 e. The fourth-order valence-electron chi connectivity index (χ4n) is 2.69. The first-order valence-corrected chi connectivity index (χ1v) is 6.71. The first kappa shape index (κ1) is 15.6. The number of carbonyl (C=O) groups excluding carboxylic acids is 1. The molecule has 0 aliphatic heterocycles. The highest BCUT2D eigenvalue weighted by Gasteiger charge is 2.48. The van der Waals surface area contributed by atoms with Gasteiger partial charge in [0, 0.05) is 11.6 Å². The van der Waals surface area contributed by atoms with E-state index in [1.807, 2.05) is 0 Å². The lowest BCUT2D eigenvalue weighted by Crippen LogP contribution is -2.39. The van der Waals surface area contributed by atoms with E-state index in [0.29, 0.717) is 12.8 Å². The van der Waals surface area contributed by atoms with Crippen LogP contribution < -0.4 is 11.1 Å². The van der Waals surface area contributed by atoms with Gasteiger partial charge in [0.15, 0.2) is 0 Å². The monoisotopic (exact) mass is 304 g/mol. The molecule has 0 saturated heterocycles. The predicted octanol–water partition coefficient (Wildman–Crippen LogP) is 3.72. The molecule has 0 bridgehead atoms. The van der Waals surface area contributed by atoms with Crippen LogP contribution in [0, 0.1) is 17.7 Å². The summed E-state index contributed by atoms with van der Waals surface area (Å²) < 4.78 is 52.4. The molecule has 2 unspecified atom stereocenters. The topological polar surface area (TPSA) is 55.1 Å². The number of anilines is 2. The summed E-state index contributed by atoms with van der Waals surface area (Å²) in [6, 6.07) is 3.63. The molecule has 0 aromatic heterocycles. The molecule has 116 valence electrons. The quantitative estimate of drug-likeness (QED) is 0.646. The van der Waals surface area contributed by atoms with E-state index in [1.165, 1.54) is 12.1 Å². The maximum atomic E-state index is 13.6. The van der Waals surface area contributed by atoms with Gasteiger partial charge in [-0.25, -0.2) is 4.39 Å². The minimum absolute atomic E-state index is 0.0637. The van der Waals surface area contributed by atoms with E-state index in [4.69, 9.17) is 5.73 Å². The smallest absolute Gasteiger partial charge is 0.392 e. The first-order chi connectivity index (χ1) is 9.79. The highest BCUT2D eigenvalue weighted by molar-refractivity contribution is 5.93. The third-order valence-electron chi connectivity index (χ3n) is 3.77. The standard InChI is InChI=1S/C14H16F4N2O/c15-11-7-8(19)5-6-12(11)20-13(21)9-3-1-2-4-10(9)14(16,17)18/h5-7,9-10H,1-4,19H2,(H,20,21). The molecule has 0 radical (unpaired) electrons. The van der Waals surface area contributed by atoms with Crippen molar-refractivity contribution < 1.29 is 22.4 Å². The number of nitrogens with one attached hydrogen (secondary N) is 1. The van der Waals surface area contributed by atoms with Crippen molar-refractivity contribution in [2.45, 2.75) is 31.9 Å². The summed E-state index contributed by atoms with van der Waals surface area (Å²) in [5.41, 5.74) is 5.40. The van der Waals surface area contributed by atoms with Crippen molar-refractivity contribution in [1.82, 2.24) is 0 Å². The van der Waals surface area contributed by atoms with E-state index in [1.54, 1.807) is 0 Å². The molecule has 3 nitrogen and oxygen atoms in total. The molecule has 2 rings (SSSR count). The lowest BCUT2D eigenvalue weighted by atomic mass is 9.78. The lowest BCUT2D eigenvalue weighted by molar-refractivity contribution is -0.197. The van der Waals surface area contributed by atoms with Gasteiger partial charge in [-0.2, -0.15) is 13.2 Å². The van der Waals surface area contributed by atoms with E-state index in [-0.39, 0.29) is 24.2 Å². The molecule has 1 saturated carbocycles. The number of nitrogen functional groups attached to an aromatic ring is 1. The summed E-state index contributed by atoms with van der Waals surface area (Å²) in [7, 11) is 0. The summed E-state index contributed by atoms with van der Waals surface area (Å²) >= 11 is 0. The molecular weight excluding hydrogens is 288 g/mol. The number of amides is 1. The third-order valence-corrected chi connectivity index (χ3v) is 3.77. The average Bonchev–Trinajstić information content (AvgIpc) is 2.41. The summed E-state index contributed by atoms with van der Waals surface area (Å²) in [5.74, 6) is -4.39. The lowest BCUT2D eigenvalue weighted by Gasteiger charge is -2.32. The molecule has 1 aliphatic rings. The first-order valence-electron chi connectivity index (χ1n) is 6.71. The van der Waals surface area contributed by atoms with E-state index < -0.39 is 29.7 Å². The summed E-state index contributed by atoms with van der Waals surface area (Å²) in [6.45, 7) is 0. The van der Waals surface area contributed by atoms with Crippen molar-refractivity contribution in [3.05, 3.63) is 24.0 Å². The summed E-state index contributed by atoms with van der Waals surface area (Å²) in [6.07, 6.45) is -3.31. The molecule has 1 aromatic carbocycles. The van der Waals surface area contributed by atoms with Gasteiger partial charge >= 0.3 is 6.18 Å². The van der Waals surface area contributed by atoms with Crippen LogP contribution in [0.5, 0.6) is 0 Å². The molecule has 7 heteroatoms. The fourth-order valence-corrected chi connectivity index (χ4v) is 2.69. The van der Waals surface area contributed by atoms with Gasteiger partial charge in [0.1, 0.15) is 5.82 Å². The highest BCUT2D eigenvalue weighted by Crippen LogP contribution is 2.41. The van der Waals surface area contributed by atoms with Crippen molar-refractivity contribution in [3.8, 4) is 0 Å². The number of hydrogen-bond donors (Lipinski definition) is 2. The minimum Gasteiger partial charge on any atom is -0.399 e. The number of benzene rings is 1. The molecule has 21 heavy (non-hydrogen) atoms. The molecule has 1 aromatic rings. The minimum atomic E-state index is -4.41. The van der Waals surface area contributed by atoms with Crippen LogP contribution in [0.15, 0.2) is 18.2 Å². The van der Waals surface area contributed by atoms with Crippen LogP contribution in [0.2, 0.25) is 0 Å². The van der Waals surface area contributed by atoms with Crippen LogP contribution >= 0.6 is 0 Å². The molecule has 1 fully saturated rings. The van der Waals surface area contributed by atoms with Crippen molar-refractivity contribution in [3.63, 3.8) is 0 Å². The zero-order valence-electron chi connectivity index (χ0n) is 11.2. The van der Waals surface area contributed by atoms with E-state index >= 15 is 0 Å². The highest BCUT2D eigenvalue weighted by atomic mass is 19.4. The zero-order valence-corrected chi connectivity index (χ0v) is 11.2. The second-order valence-electron chi connectivity index (χ2n) is 5.27. The Balaban J connectivity index is 2.14.